The summed E-state index contributed by atoms with van der Waals surface area (Å²) in [5, 5.41) is 10.2. The number of nitrogens with zero attached hydrogens (tertiary/aromatic N) is 1. The molecule has 0 bridgehead atoms. The molecule has 0 radical (unpaired) electrons. The van der Waals surface area contributed by atoms with Gasteiger partial charge in [-0.3, -0.25) is 0 Å². The van der Waals surface area contributed by atoms with Crippen molar-refractivity contribution >= 4 is 0 Å². The van der Waals surface area contributed by atoms with Gasteiger partial charge in [0, 0.05) is 20.0 Å². The Balaban J connectivity index is 2.21. The van der Waals surface area contributed by atoms with Gasteiger partial charge in [-0.2, -0.15) is 5.06 Å². The first-order valence-corrected chi connectivity index (χ1v) is 4.40. The quantitative estimate of drug-likeness (QED) is 0.697. The zero-order chi connectivity index (χ0) is 9.26. The Kier molecular flexibility index (Phi) is 2.20. The van der Waals surface area contributed by atoms with E-state index < -0.39 is 0 Å². The van der Waals surface area contributed by atoms with E-state index in [2.05, 4.69) is 6.07 Å². The molecule has 0 aliphatic carbocycles. The molecule has 0 saturated heterocycles. The van der Waals surface area contributed by atoms with Gasteiger partial charge in [-0.05, 0) is 17.2 Å². The van der Waals surface area contributed by atoms with Crippen LogP contribution in [0.25, 0.3) is 0 Å². The van der Waals surface area contributed by atoms with Crippen LogP contribution >= 0.6 is 0 Å². The first-order chi connectivity index (χ1) is 6.25. The third-order valence-electron chi connectivity index (χ3n) is 2.17. The fraction of sp³-hybridized carbons (Fsp3) is 0.400. The molecule has 0 aromatic heterocycles. The molecule has 1 aromatic carbocycles. The van der Waals surface area contributed by atoms with Gasteiger partial charge < -0.3 is 9.94 Å². The highest BCUT2D eigenvalue weighted by Crippen LogP contribution is 2.25. The van der Waals surface area contributed by atoms with E-state index in [0.29, 0.717) is 6.54 Å². The molecule has 2 rings (SSSR count). The summed E-state index contributed by atoms with van der Waals surface area (Å²) in [4.78, 5) is 0. The predicted molar refractivity (Wildman–Crippen MR) is 48.9 cm³/mol. The van der Waals surface area contributed by atoms with Crippen molar-refractivity contribution < 1.29 is 9.94 Å². The molecule has 0 saturated carbocycles. The zero-order valence-corrected chi connectivity index (χ0v) is 7.66. The fourth-order valence-electron chi connectivity index (χ4n) is 1.60. The second-order valence-electron chi connectivity index (χ2n) is 3.36. The van der Waals surface area contributed by atoms with Gasteiger partial charge in [0.2, 0.25) is 0 Å². The smallest absolute Gasteiger partial charge is 0.122 e. The van der Waals surface area contributed by atoms with Crippen LogP contribution in [0.4, 0.5) is 0 Å². The van der Waals surface area contributed by atoms with Crippen LogP contribution < -0.4 is 4.74 Å². The number of hydrogen-bond acceptors (Lipinski definition) is 3. The maximum atomic E-state index is 9.06. The molecule has 70 valence electrons. The van der Waals surface area contributed by atoms with Crippen LogP contribution in [-0.4, -0.2) is 23.9 Å². The Morgan fingerprint density at radius 2 is 2.38 bits per heavy atom. The molecule has 0 amide bonds. The molecule has 13 heavy (non-hydrogen) atoms. The van der Waals surface area contributed by atoms with Crippen LogP contribution in [0.5, 0.6) is 5.75 Å². The summed E-state index contributed by atoms with van der Waals surface area (Å²) in [6.07, 6.45) is 0.984. The monoisotopic (exact) mass is 179 g/mol. The van der Waals surface area contributed by atoms with Crippen molar-refractivity contribution in [2.45, 2.75) is 13.0 Å². The molecule has 0 fully saturated rings. The Labute approximate surface area is 77.5 Å². The number of hydrogen-bond donors (Lipinski definition) is 1. The van der Waals surface area contributed by atoms with Gasteiger partial charge in [-0.15, -0.1) is 0 Å². The number of fused-ring (bicyclic) bond motifs is 1. The summed E-state index contributed by atoms with van der Waals surface area (Å²) in [6.45, 7) is 1.35. The highest BCUT2D eigenvalue weighted by Gasteiger charge is 2.11. The van der Waals surface area contributed by atoms with Crippen LogP contribution in [-0.2, 0) is 13.0 Å². The Hall–Kier alpha value is -1.06. The molecular weight excluding hydrogens is 166 g/mol. The van der Waals surface area contributed by atoms with Gasteiger partial charge in [0.25, 0.3) is 0 Å². The predicted octanol–water partition coefficient (Wildman–Crippen LogP) is 1.44. The van der Waals surface area contributed by atoms with Crippen molar-refractivity contribution in [3.63, 3.8) is 0 Å². The van der Waals surface area contributed by atoms with Gasteiger partial charge >= 0.3 is 0 Å². The first kappa shape index (κ1) is 8.53. The van der Waals surface area contributed by atoms with Crippen molar-refractivity contribution in [3.05, 3.63) is 29.3 Å². The molecular formula is C10H13NO2. The maximum absolute atomic E-state index is 9.06. The largest absolute Gasteiger partial charge is 0.493 e. The Morgan fingerprint density at radius 3 is 3.15 bits per heavy atom. The molecule has 1 N–H and O–H groups in total. The van der Waals surface area contributed by atoms with Crippen molar-refractivity contribution in [3.8, 4) is 5.75 Å². The fourth-order valence-corrected chi connectivity index (χ4v) is 1.60. The molecule has 3 heteroatoms. The minimum absolute atomic E-state index is 0.563. The third kappa shape index (κ3) is 1.82. The van der Waals surface area contributed by atoms with Gasteiger partial charge in [-0.1, -0.05) is 12.1 Å². The molecule has 1 aliphatic rings. The third-order valence-corrected chi connectivity index (χ3v) is 2.17. The normalized spacial score (nSPS) is 14.4. The van der Waals surface area contributed by atoms with E-state index in [1.807, 2.05) is 12.1 Å². The number of rotatable bonds is 2. The summed E-state index contributed by atoms with van der Waals surface area (Å²) in [7, 11) is 1.64. The summed E-state index contributed by atoms with van der Waals surface area (Å²) in [6, 6.07) is 6.05. The number of ether oxygens (including phenoxy) is 1. The molecule has 0 spiro atoms. The van der Waals surface area contributed by atoms with E-state index >= 15 is 0 Å². The molecule has 1 aliphatic heterocycles. The van der Waals surface area contributed by atoms with Crippen molar-refractivity contribution in [2.75, 3.05) is 13.7 Å². The summed E-state index contributed by atoms with van der Waals surface area (Å²) in [5.41, 5.74) is 2.37. The van der Waals surface area contributed by atoms with Crippen LogP contribution in [0, 0.1) is 0 Å². The molecule has 0 atom stereocenters. The molecule has 0 unspecified atom stereocenters. The lowest BCUT2D eigenvalue weighted by Gasteiger charge is -2.08. The lowest BCUT2D eigenvalue weighted by molar-refractivity contribution is -0.0731. The highest BCUT2D eigenvalue weighted by molar-refractivity contribution is 5.39. The first-order valence-electron chi connectivity index (χ1n) is 4.40. The second kappa shape index (κ2) is 3.36. The molecule has 1 aromatic rings. The van der Waals surface area contributed by atoms with E-state index in [0.717, 1.165) is 24.3 Å². The summed E-state index contributed by atoms with van der Waals surface area (Å²) >= 11 is 0. The molecule has 3 nitrogen and oxygen atoms in total. The van der Waals surface area contributed by atoms with E-state index in [-0.39, 0.29) is 0 Å². The number of hydroxylamine groups is 2. The minimum atomic E-state index is 0.563. The van der Waals surface area contributed by atoms with Crippen molar-refractivity contribution in [1.29, 1.82) is 0 Å². The second-order valence-corrected chi connectivity index (χ2v) is 3.36. The van der Waals surface area contributed by atoms with Gasteiger partial charge in [0.15, 0.2) is 0 Å². The van der Waals surface area contributed by atoms with E-state index in [9.17, 15) is 0 Å². The van der Waals surface area contributed by atoms with Gasteiger partial charge in [0.1, 0.15) is 5.75 Å². The summed E-state index contributed by atoms with van der Waals surface area (Å²) < 4.78 is 5.38. The lowest BCUT2D eigenvalue weighted by atomic mass is 10.1. The standard InChI is InChI=1S/C10H13NO2/c1-11(12)7-8-2-3-10-9(6-8)4-5-13-10/h2-3,6,12H,4-5,7H2,1H3. The zero-order valence-electron chi connectivity index (χ0n) is 7.66. The van der Waals surface area contributed by atoms with Crippen LogP contribution in [0.2, 0.25) is 0 Å². The van der Waals surface area contributed by atoms with E-state index in [1.54, 1.807) is 7.05 Å². The average molecular weight is 179 g/mol. The highest BCUT2D eigenvalue weighted by atomic mass is 16.5. The van der Waals surface area contributed by atoms with Gasteiger partial charge in [0.05, 0.1) is 6.61 Å². The average Bonchev–Trinajstić information content (AvgIpc) is 2.49. The van der Waals surface area contributed by atoms with Crippen LogP contribution in [0.1, 0.15) is 11.1 Å². The van der Waals surface area contributed by atoms with Crippen LogP contribution in [0.15, 0.2) is 18.2 Å². The van der Waals surface area contributed by atoms with Crippen LogP contribution in [0.3, 0.4) is 0 Å². The SMILES string of the molecule is CN(O)Cc1ccc2c(c1)CCO2. The van der Waals surface area contributed by atoms with E-state index in [1.165, 1.54) is 10.6 Å². The van der Waals surface area contributed by atoms with E-state index in [4.69, 9.17) is 9.94 Å². The molecule has 1 heterocycles. The Bertz CT molecular complexity index is 310. The minimum Gasteiger partial charge on any atom is -0.493 e. The summed E-state index contributed by atoms with van der Waals surface area (Å²) in [5.74, 6) is 0.990. The Morgan fingerprint density at radius 1 is 1.54 bits per heavy atom. The topological polar surface area (TPSA) is 32.7 Å². The maximum Gasteiger partial charge on any atom is 0.122 e. The van der Waals surface area contributed by atoms with Crippen molar-refractivity contribution in [2.24, 2.45) is 0 Å². The van der Waals surface area contributed by atoms with Crippen molar-refractivity contribution in [1.82, 2.24) is 5.06 Å². The van der Waals surface area contributed by atoms with Gasteiger partial charge in [-0.25, -0.2) is 0 Å². The number of benzene rings is 1. The lowest BCUT2D eigenvalue weighted by Crippen LogP contribution is -2.11.